The fraction of sp³-hybridized carbons (Fsp3) is 0.0870. The molecule has 0 bridgehead atoms. The lowest BCUT2D eigenvalue weighted by molar-refractivity contribution is 0.102. The summed E-state index contributed by atoms with van der Waals surface area (Å²) in [5.74, 6) is -0.988. The SMILES string of the molecule is Cc1ccc(-n2ncc3c(=O)[nH]c(-n4nc(C)cc4NC(=O)c4ccccc4F)nc32)cc1. The average molecular weight is 443 g/mol. The van der Waals surface area contributed by atoms with E-state index in [9.17, 15) is 14.0 Å². The van der Waals surface area contributed by atoms with E-state index in [4.69, 9.17) is 0 Å². The molecule has 0 fully saturated rings. The van der Waals surface area contributed by atoms with Crippen LogP contribution in [0.1, 0.15) is 21.6 Å². The van der Waals surface area contributed by atoms with Crippen molar-refractivity contribution < 1.29 is 9.18 Å². The van der Waals surface area contributed by atoms with E-state index < -0.39 is 17.3 Å². The number of benzene rings is 2. The zero-order valence-electron chi connectivity index (χ0n) is 17.7. The highest BCUT2D eigenvalue weighted by Gasteiger charge is 2.18. The molecule has 1 amide bonds. The van der Waals surface area contributed by atoms with Crippen LogP contribution < -0.4 is 10.9 Å². The highest BCUT2D eigenvalue weighted by atomic mass is 19.1. The molecule has 9 nitrogen and oxygen atoms in total. The second-order valence-electron chi connectivity index (χ2n) is 7.54. The van der Waals surface area contributed by atoms with Crippen LogP contribution in [0.25, 0.3) is 22.7 Å². The van der Waals surface area contributed by atoms with Crippen molar-refractivity contribution in [3.63, 3.8) is 0 Å². The van der Waals surface area contributed by atoms with Crippen LogP contribution in [-0.2, 0) is 0 Å². The summed E-state index contributed by atoms with van der Waals surface area (Å²) >= 11 is 0. The second kappa shape index (κ2) is 7.83. The van der Waals surface area contributed by atoms with Crippen LogP contribution in [0.15, 0.2) is 65.6 Å². The fourth-order valence-corrected chi connectivity index (χ4v) is 3.46. The van der Waals surface area contributed by atoms with Gasteiger partial charge in [-0.2, -0.15) is 19.9 Å². The van der Waals surface area contributed by atoms with Gasteiger partial charge in [-0.25, -0.2) is 9.07 Å². The van der Waals surface area contributed by atoms with Crippen molar-refractivity contribution in [3.05, 3.63) is 93.8 Å². The second-order valence-corrected chi connectivity index (χ2v) is 7.54. The Balaban J connectivity index is 1.59. The molecule has 164 valence electrons. The van der Waals surface area contributed by atoms with Gasteiger partial charge in [0.2, 0.25) is 5.95 Å². The number of amides is 1. The van der Waals surface area contributed by atoms with Crippen LogP contribution in [0, 0.1) is 19.7 Å². The minimum absolute atomic E-state index is 0.0818. The van der Waals surface area contributed by atoms with Crippen molar-refractivity contribution in [2.24, 2.45) is 0 Å². The number of anilines is 1. The van der Waals surface area contributed by atoms with Gasteiger partial charge in [0.05, 0.1) is 23.1 Å². The molecule has 3 heterocycles. The summed E-state index contributed by atoms with van der Waals surface area (Å²) in [4.78, 5) is 32.6. The third-order valence-corrected chi connectivity index (χ3v) is 5.10. The minimum Gasteiger partial charge on any atom is -0.306 e. The first-order chi connectivity index (χ1) is 15.9. The molecule has 0 aliphatic heterocycles. The fourth-order valence-electron chi connectivity index (χ4n) is 3.46. The van der Waals surface area contributed by atoms with E-state index in [1.807, 2.05) is 31.2 Å². The van der Waals surface area contributed by atoms with Gasteiger partial charge in [-0.3, -0.25) is 14.6 Å². The van der Waals surface area contributed by atoms with E-state index in [1.54, 1.807) is 23.7 Å². The maximum Gasteiger partial charge on any atom is 0.263 e. The number of nitrogens with one attached hydrogen (secondary N) is 2. The third kappa shape index (κ3) is 3.67. The van der Waals surface area contributed by atoms with Crippen molar-refractivity contribution in [1.82, 2.24) is 29.5 Å². The molecule has 0 atom stereocenters. The molecule has 2 N–H and O–H groups in total. The van der Waals surface area contributed by atoms with E-state index in [0.717, 1.165) is 11.3 Å². The first-order valence-corrected chi connectivity index (χ1v) is 10.1. The number of aromatic nitrogens is 6. The Morgan fingerprint density at radius 3 is 2.58 bits per heavy atom. The van der Waals surface area contributed by atoms with Crippen molar-refractivity contribution in [1.29, 1.82) is 0 Å². The summed E-state index contributed by atoms with van der Waals surface area (Å²) in [5, 5.41) is 11.6. The summed E-state index contributed by atoms with van der Waals surface area (Å²) in [6.07, 6.45) is 1.44. The standard InChI is InChI=1S/C23H18FN7O2/c1-13-7-9-15(10-8-13)30-20-17(12-25-30)22(33)28-23(27-20)31-19(11-14(2)29-31)26-21(32)16-5-3-4-6-18(16)24/h3-12H,1-2H3,(H,26,32)(H,27,28,33). The Bertz CT molecular complexity index is 1560. The van der Waals surface area contributed by atoms with Crippen molar-refractivity contribution in [2.45, 2.75) is 13.8 Å². The van der Waals surface area contributed by atoms with E-state index in [2.05, 4.69) is 25.5 Å². The number of H-pyrrole nitrogens is 1. The molecule has 0 saturated carbocycles. The Labute approximate surface area is 186 Å². The Morgan fingerprint density at radius 2 is 1.82 bits per heavy atom. The van der Waals surface area contributed by atoms with E-state index >= 15 is 0 Å². The first-order valence-electron chi connectivity index (χ1n) is 10.1. The Morgan fingerprint density at radius 1 is 1.06 bits per heavy atom. The topological polar surface area (TPSA) is 110 Å². The number of aryl methyl sites for hydroxylation is 2. The molecule has 0 spiro atoms. The molecule has 0 unspecified atom stereocenters. The predicted octanol–water partition coefficient (Wildman–Crippen LogP) is 3.30. The van der Waals surface area contributed by atoms with Gasteiger partial charge in [-0.1, -0.05) is 29.8 Å². The lowest BCUT2D eigenvalue weighted by atomic mass is 10.2. The quantitative estimate of drug-likeness (QED) is 0.443. The number of rotatable bonds is 4. The van der Waals surface area contributed by atoms with Gasteiger partial charge in [0.25, 0.3) is 11.5 Å². The van der Waals surface area contributed by atoms with Crippen LogP contribution in [0.4, 0.5) is 10.2 Å². The van der Waals surface area contributed by atoms with Crippen molar-refractivity contribution >= 4 is 22.8 Å². The van der Waals surface area contributed by atoms with Crippen LogP contribution in [0.5, 0.6) is 0 Å². The summed E-state index contributed by atoms with van der Waals surface area (Å²) < 4.78 is 16.9. The molecule has 2 aromatic carbocycles. The monoisotopic (exact) mass is 443 g/mol. The number of halogens is 1. The van der Waals surface area contributed by atoms with Gasteiger partial charge in [-0.05, 0) is 38.1 Å². The molecule has 33 heavy (non-hydrogen) atoms. The average Bonchev–Trinajstić information content (AvgIpc) is 3.38. The molecule has 0 saturated heterocycles. The smallest absolute Gasteiger partial charge is 0.263 e. The predicted molar refractivity (Wildman–Crippen MR) is 120 cm³/mol. The molecule has 3 aromatic heterocycles. The van der Waals surface area contributed by atoms with Crippen LogP contribution >= 0.6 is 0 Å². The van der Waals surface area contributed by atoms with Gasteiger partial charge in [0.15, 0.2) is 5.65 Å². The van der Waals surface area contributed by atoms with Crippen molar-refractivity contribution in [2.75, 3.05) is 5.32 Å². The number of hydrogen-bond acceptors (Lipinski definition) is 5. The summed E-state index contributed by atoms with van der Waals surface area (Å²) in [6, 6.07) is 14.9. The number of aromatic amines is 1. The number of hydrogen-bond donors (Lipinski definition) is 2. The highest BCUT2D eigenvalue weighted by Crippen LogP contribution is 2.19. The number of nitrogens with zero attached hydrogens (tertiary/aromatic N) is 5. The van der Waals surface area contributed by atoms with Gasteiger partial charge in [0.1, 0.15) is 17.0 Å². The molecular weight excluding hydrogens is 425 g/mol. The number of carbonyl (C=O) groups excluding carboxylic acids is 1. The molecule has 10 heteroatoms. The summed E-state index contributed by atoms with van der Waals surface area (Å²) in [5.41, 5.74) is 2.20. The maximum atomic E-state index is 14.0. The van der Waals surface area contributed by atoms with Crippen LogP contribution in [0.3, 0.4) is 0 Å². The summed E-state index contributed by atoms with van der Waals surface area (Å²) in [7, 11) is 0. The number of fused-ring (bicyclic) bond motifs is 1. The third-order valence-electron chi connectivity index (χ3n) is 5.10. The van der Waals surface area contributed by atoms with Gasteiger partial charge in [0, 0.05) is 6.07 Å². The number of carbonyl (C=O) groups is 1. The molecule has 0 aliphatic rings. The normalized spacial score (nSPS) is 11.1. The van der Waals surface area contributed by atoms with Gasteiger partial charge >= 0.3 is 0 Å². The Kier molecular flexibility index (Phi) is 4.82. The highest BCUT2D eigenvalue weighted by molar-refractivity contribution is 6.04. The van der Waals surface area contributed by atoms with Gasteiger partial charge in [-0.15, -0.1) is 0 Å². The molecule has 5 aromatic rings. The zero-order valence-corrected chi connectivity index (χ0v) is 17.7. The lowest BCUT2D eigenvalue weighted by Crippen LogP contribution is -2.19. The van der Waals surface area contributed by atoms with E-state index in [0.29, 0.717) is 16.7 Å². The van der Waals surface area contributed by atoms with Crippen LogP contribution in [-0.4, -0.2) is 35.4 Å². The minimum atomic E-state index is -0.651. The van der Waals surface area contributed by atoms with Gasteiger partial charge < -0.3 is 5.32 Å². The summed E-state index contributed by atoms with van der Waals surface area (Å²) in [6.45, 7) is 3.70. The molecule has 5 rings (SSSR count). The molecule has 0 aliphatic carbocycles. The zero-order chi connectivity index (χ0) is 23.1. The van der Waals surface area contributed by atoms with E-state index in [1.165, 1.54) is 29.1 Å². The molecular formula is C23H18FN7O2. The van der Waals surface area contributed by atoms with Crippen LogP contribution in [0.2, 0.25) is 0 Å². The Hall–Kier alpha value is -4.60. The molecule has 0 radical (unpaired) electrons. The first kappa shape index (κ1) is 20.3. The lowest BCUT2D eigenvalue weighted by Gasteiger charge is -2.09. The maximum absolute atomic E-state index is 14.0. The van der Waals surface area contributed by atoms with Crippen molar-refractivity contribution in [3.8, 4) is 11.6 Å². The largest absolute Gasteiger partial charge is 0.306 e. The van der Waals surface area contributed by atoms with E-state index in [-0.39, 0.29) is 17.3 Å².